The van der Waals surface area contributed by atoms with Gasteiger partial charge in [0.1, 0.15) is 0 Å². The van der Waals surface area contributed by atoms with E-state index < -0.39 is 16.4 Å². The molecule has 0 aromatic carbocycles. The minimum atomic E-state index is -3.67. The van der Waals surface area contributed by atoms with Crippen molar-refractivity contribution in [2.24, 2.45) is 0 Å². The van der Waals surface area contributed by atoms with Crippen LogP contribution in [0.4, 0.5) is 13.2 Å². The fourth-order valence-electron chi connectivity index (χ4n) is 0.489. The summed E-state index contributed by atoms with van der Waals surface area (Å²) in [6, 6.07) is 0. The Morgan fingerprint density at radius 2 is 1.82 bits per heavy atom. The molecule has 0 amide bonds. The lowest BCUT2D eigenvalue weighted by molar-refractivity contribution is -0.0103. The molecule has 0 rings (SSSR count). The van der Waals surface area contributed by atoms with E-state index in [4.69, 9.17) is 11.6 Å². The highest BCUT2D eigenvalue weighted by Gasteiger charge is 2.50. The van der Waals surface area contributed by atoms with Gasteiger partial charge in [0, 0.05) is 6.42 Å². The minimum Gasteiger partial charge on any atom is -0.218 e. The lowest BCUT2D eigenvalue weighted by Gasteiger charge is -2.22. The smallest absolute Gasteiger partial charge is 0.218 e. The first-order valence-corrected chi connectivity index (χ1v) is 4.22. The molecule has 0 spiro atoms. The molecule has 0 saturated carbocycles. The van der Waals surface area contributed by atoms with E-state index in [1.165, 1.54) is 0 Å². The fourth-order valence-corrected chi connectivity index (χ4v) is 0.821. The highest BCUT2D eigenvalue weighted by atomic mass is 79.9. The summed E-state index contributed by atoms with van der Waals surface area (Å²) in [7, 11) is 0. The zero-order valence-corrected chi connectivity index (χ0v) is 8.06. The number of alkyl halides is 5. The van der Waals surface area contributed by atoms with E-state index in [1.54, 1.807) is 0 Å². The molecular weight excluding hydrogens is 244 g/mol. The molecule has 0 saturated heterocycles. The van der Waals surface area contributed by atoms with Gasteiger partial charge in [-0.05, 0) is 22.4 Å². The Labute approximate surface area is 77.2 Å². The normalized spacial score (nSPS) is 18.0. The summed E-state index contributed by atoms with van der Waals surface area (Å²) in [6.45, 7) is 3.39. The van der Waals surface area contributed by atoms with Gasteiger partial charge in [-0.2, -0.15) is 8.78 Å². The van der Waals surface area contributed by atoms with Crippen molar-refractivity contribution in [3.8, 4) is 0 Å². The van der Waals surface area contributed by atoms with Crippen LogP contribution in [0.25, 0.3) is 0 Å². The van der Waals surface area contributed by atoms with Gasteiger partial charge in [-0.15, -0.1) is 0 Å². The van der Waals surface area contributed by atoms with Crippen LogP contribution in [0.3, 0.4) is 0 Å². The maximum absolute atomic E-state index is 12.7. The molecule has 0 aliphatic rings. The number of hydrogen-bond acceptors (Lipinski definition) is 0. The van der Waals surface area contributed by atoms with Gasteiger partial charge in [-0.3, -0.25) is 0 Å². The summed E-state index contributed by atoms with van der Waals surface area (Å²) in [6.07, 6.45) is 0.221. The highest BCUT2D eigenvalue weighted by molar-refractivity contribution is 9.10. The first-order valence-electron chi connectivity index (χ1n) is 3.05. The lowest BCUT2D eigenvalue weighted by Crippen LogP contribution is -2.33. The molecule has 5 heteroatoms. The van der Waals surface area contributed by atoms with Crippen LogP contribution in [0.15, 0.2) is 0 Å². The van der Waals surface area contributed by atoms with E-state index in [2.05, 4.69) is 6.92 Å². The van der Waals surface area contributed by atoms with Gasteiger partial charge in [-0.25, -0.2) is 4.39 Å². The van der Waals surface area contributed by atoms with Crippen molar-refractivity contribution in [2.45, 2.75) is 29.2 Å². The summed E-state index contributed by atoms with van der Waals surface area (Å²) >= 11 is 6.77. The average Bonchev–Trinajstić information content (AvgIpc) is 1.81. The van der Waals surface area contributed by atoms with Crippen molar-refractivity contribution in [1.29, 1.82) is 0 Å². The van der Waals surface area contributed by atoms with Crippen molar-refractivity contribution < 1.29 is 13.2 Å². The monoisotopic (exact) mass is 251 g/mol. The van der Waals surface area contributed by atoms with E-state index in [9.17, 15) is 13.2 Å². The SMILES string of the molecule is [CH2]CCCC(F)(Cl)C(F)(F)Br. The number of halogens is 5. The van der Waals surface area contributed by atoms with Crippen LogP contribution < -0.4 is 0 Å². The predicted octanol–water partition coefficient (Wildman–Crippen LogP) is 3.88. The average molecular weight is 252 g/mol. The zero-order chi connectivity index (χ0) is 9.12. The van der Waals surface area contributed by atoms with Gasteiger partial charge in [0.25, 0.3) is 5.13 Å². The Morgan fingerprint density at radius 3 is 2.09 bits per heavy atom. The number of unbranched alkanes of at least 4 members (excludes halogenated alkanes) is 1. The van der Waals surface area contributed by atoms with Crippen molar-refractivity contribution in [3.05, 3.63) is 6.92 Å². The van der Waals surface area contributed by atoms with E-state index in [1.807, 2.05) is 15.9 Å². The minimum absolute atomic E-state index is 0.237. The van der Waals surface area contributed by atoms with E-state index in [0.29, 0.717) is 6.42 Å². The molecule has 0 aromatic rings. The molecule has 0 aliphatic carbocycles. The second-order valence-electron chi connectivity index (χ2n) is 2.16. The van der Waals surface area contributed by atoms with Gasteiger partial charge >= 0.3 is 4.83 Å². The molecule has 0 N–H and O–H groups in total. The maximum Gasteiger partial charge on any atom is 0.348 e. The first kappa shape index (κ1) is 11.6. The third-order valence-electron chi connectivity index (χ3n) is 1.16. The Morgan fingerprint density at radius 1 is 1.36 bits per heavy atom. The molecule has 67 valence electrons. The van der Waals surface area contributed by atoms with Gasteiger partial charge in [0.15, 0.2) is 0 Å². The molecule has 0 fully saturated rings. The molecule has 0 bridgehead atoms. The van der Waals surface area contributed by atoms with Gasteiger partial charge in [0.05, 0.1) is 0 Å². The van der Waals surface area contributed by atoms with Gasteiger partial charge < -0.3 is 0 Å². The lowest BCUT2D eigenvalue weighted by atomic mass is 10.2. The maximum atomic E-state index is 12.7. The van der Waals surface area contributed by atoms with Crippen LogP contribution in [0.5, 0.6) is 0 Å². The molecular formula is C6H8BrClF3. The van der Waals surface area contributed by atoms with Crippen molar-refractivity contribution in [3.63, 3.8) is 0 Å². The quantitative estimate of drug-likeness (QED) is 0.666. The van der Waals surface area contributed by atoms with E-state index >= 15 is 0 Å². The molecule has 0 heterocycles. The van der Waals surface area contributed by atoms with Crippen LogP contribution in [-0.4, -0.2) is 9.96 Å². The summed E-state index contributed by atoms with van der Waals surface area (Å²) in [5, 5.41) is -3.00. The molecule has 1 radical (unpaired) electrons. The summed E-state index contributed by atoms with van der Waals surface area (Å²) in [4.78, 5) is -3.67. The number of hydrogen-bond donors (Lipinski definition) is 0. The van der Waals surface area contributed by atoms with Crippen LogP contribution in [0.1, 0.15) is 19.3 Å². The van der Waals surface area contributed by atoms with Crippen LogP contribution in [0, 0.1) is 6.92 Å². The number of rotatable bonds is 4. The molecule has 0 aromatic heterocycles. The Bertz CT molecular complexity index is 121. The molecule has 1 atom stereocenters. The third kappa shape index (κ3) is 3.65. The predicted molar refractivity (Wildman–Crippen MR) is 42.8 cm³/mol. The van der Waals surface area contributed by atoms with Crippen LogP contribution >= 0.6 is 27.5 Å². The molecule has 0 aliphatic heterocycles. The van der Waals surface area contributed by atoms with E-state index in [0.717, 1.165) is 0 Å². The topological polar surface area (TPSA) is 0 Å². The molecule has 1 unspecified atom stereocenters. The van der Waals surface area contributed by atoms with Crippen LogP contribution in [-0.2, 0) is 0 Å². The standard InChI is InChI=1S/C6H8BrClF3/c1-2-3-4-5(8,9)6(7,10)11/h1-4H2. The summed E-state index contributed by atoms with van der Waals surface area (Å²) < 4.78 is 37.2. The fraction of sp³-hybridized carbons (Fsp3) is 0.833. The van der Waals surface area contributed by atoms with Gasteiger partial charge in [-0.1, -0.05) is 24.9 Å². The van der Waals surface area contributed by atoms with Crippen LogP contribution in [0.2, 0.25) is 0 Å². The Hall–Kier alpha value is 0.560. The Kier molecular flexibility index (Phi) is 4.19. The van der Waals surface area contributed by atoms with Gasteiger partial charge in [0.2, 0.25) is 0 Å². The van der Waals surface area contributed by atoms with E-state index in [-0.39, 0.29) is 6.42 Å². The molecule has 0 nitrogen and oxygen atoms in total. The molecule has 11 heavy (non-hydrogen) atoms. The second kappa shape index (κ2) is 3.99. The highest BCUT2D eigenvalue weighted by Crippen LogP contribution is 2.44. The summed E-state index contributed by atoms with van der Waals surface area (Å²) in [5.74, 6) is 0. The largest absolute Gasteiger partial charge is 0.348 e. The van der Waals surface area contributed by atoms with Crippen molar-refractivity contribution >= 4 is 27.5 Å². The van der Waals surface area contributed by atoms with Crippen molar-refractivity contribution in [1.82, 2.24) is 0 Å². The zero-order valence-electron chi connectivity index (χ0n) is 5.72. The summed E-state index contributed by atoms with van der Waals surface area (Å²) in [5.41, 5.74) is 0. The second-order valence-corrected chi connectivity index (χ2v) is 3.75. The third-order valence-corrected chi connectivity index (χ3v) is 2.44. The first-order chi connectivity index (χ1) is 4.81. The Balaban J connectivity index is 4.00. The van der Waals surface area contributed by atoms with Crippen molar-refractivity contribution in [2.75, 3.05) is 0 Å².